The van der Waals surface area contributed by atoms with Gasteiger partial charge >= 0.3 is 0 Å². The lowest BCUT2D eigenvalue weighted by Crippen LogP contribution is -2.10. The van der Waals surface area contributed by atoms with Gasteiger partial charge in [0.25, 0.3) is 0 Å². The van der Waals surface area contributed by atoms with Crippen LogP contribution >= 0.6 is 11.6 Å². The van der Waals surface area contributed by atoms with Crippen molar-refractivity contribution in [1.82, 2.24) is 4.98 Å². The number of nitrogens with zero attached hydrogens (tertiary/aromatic N) is 1. The van der Waals surface area contributed by atoms with Gasteiger partial charge in [0, 0.05) is 11.1 Å². The zero-order chi connectivity index (χ0) is 11.1. The molecule has 0 saturated carbocycles. The predicted molar refractivity (Wildman–Crippen MR) is 66.6 cm³/mol. The summed E-state index contributed by atoms with van der Waals surface area (Å²) in [5.74, 6) is 5.62. The third-order valence-electron chi connectivity index (χ3n) is 3.14. The number of nitrogens with one attached hydrogen (secondary N) is 1. The molecule has 1 aromatic heterocycles. The first-order valence-corrected chi connectivity index (χ1v) is 5.75. The minimum atomic E-state index is 0.684. The zero-order valence-corrected chi connectivity index (χ0v) is 9.51. The number of benzene rings is 1. The summed E-state index contributed by atoms with van der Waals surface area (Å²) in [7, 11) is 0. The fraction of sp³-hybridized carbons (Fsp3) is 0.250. The van der Waals surface area contributed by atoms with E-state index >= 15 is 0 Å². The number of anilines is 1. The highest BCUT2D eigenvalue weighted by atomic mass is 35.5. The molecular weight excluding hydrogens is 222 g/mol. The summed E-state index contributed by atoms with van der Waals surface area (Å²) < 4.78 is 0. The Morgan fingerprint density at radius 3 is 3.00 bits per heavy atom. The molecule has 82 valence electrons. The van der Waals surface area contributed by atoms with Crippen molar-refractivity contribution in [2.75, 3.05) is 5.43 Å². The second-order valence-electron chi connectivity index (χ2n) is 4.05. The van der Waals surface area contributed by atoms with E-state index in [-0.39, 0.29) is 0 Å². The molecule has 0 atom stereocenters. The Hall–Kier alpha value is -1.32. The van der Waals surface area contributed by atoms with Gasteiger partial charge in [-0.05, 0) is 30.9 Å². The maximum atomic E-state index is 6.16. The number of halogens is 1. The lowest BCUT2D eigenvalue weighted by atomic mass is 10.1. The Labute approximate surface area is 98.6 Å². The number of aryl methyl sites for hydroxylation is 1. The van der Waals surface area contributed by atoms with E-state index in [1.807, 2.05) is 18.2 Å². The maximum absolute atomic E-state index is 6.16. The van der Waals surface area contributed by atoms with Gasteiger partial charge in [-0.1, -0.05) is 23.7 Å². The maximum Gasteiger partial charge on any atom is 0.0912 e. The van der Waals surface area contributed by atoms with E-state index in [4.69, 9.17) is 17.4 Å². The molecule has 3 nitrogen and oxygen atoms in total. The smallest absolute Gasteiger partial charge is 0.0912 e. The predicted octanol–water partition coefficient (Wildman–Crippen LogP) is 2.66. The highest BCUT2D eigenvalue weighted by Crippen LogP contribution is 2.35. The Bertz CT molecular complexity index is 566. The van der Waals surface area contributed by atoms with Crippen molar-refractivity contribution >= 4 is 28.2 Å². The van der Waals surface area contributed by atoms with E-state index in [9.17, 15) is 0 Å². The molecule has 0 spiro atoms. The van der Waals surface area contributed by atoms with E-state index in [1.165, 1.54) is 5.56 Å². The molecule has 0 bridgehead atoms. The number of hydrogen-bond acceptors (Lipinski definition) is 3. The van der Waals surface area contributed by atoms with Crippen LogP contribution in [-0.2, 0) is 12.8 Å². The second-order valence-corrected chi connectivity index (χ2v) is 4.45. The van der Waals surface area contributed by atoms with Gasteiger partial charge in [-0.3, -0.25) is 10.8 Å². The van der Waals surface area contributed by atoms with Crippen LogP contribution in [0.25, 0.3) is 10.9 Å². The van der Waals surface area contributed by atoms with E-state index < -0.39 is 0 Å². The monoisotopic (exact) mass is 233 g/mol. The third-order valence-corrected chi connectivity index (χ3v) is 3.44. The fourth-order valence-corrected chi connectivity index (χ4v) is 2.63. The minimum Gasteiger partial charge on any atom is -0.323 e. The third kappa shape index (κ3) is 1.29. The molecule has 0 saturated heterocycles. The largest absolute Gasteiger partial charge is 0.323 e. The molecule has 0 amide bonds. The van der Waals surface area contributed by atoms with Crippen molar-refractivity contribution in [3.8, 4) is 0 Å². The van der Waals surface area contributed by atoms with Gasteiger partial charge in [0.05, 0.1) is 16.2 Å². The number of fused-ring (bicyclic) bond motifs is 2. The summed E-state index contributed by atoms with van der Waals surface area (Å²) in [6, 6.07) is 5.79. The molecule has 0 unspecified atom stereocenters. The van der Waals surface area contributed by atoms with Crippen molar-refractivity contribution in [3.05, 3.63) is 34.5 Å². The second kappa shape index (κ2) is 3.61. The van der Waals surface area contributed by atoms with Gasteiger partial charge in [-0.25, -0.2) is 0 Å². The van der Waals surface area contributed by atoms with Crippen LogP contribution in [0.5, 0.6) is 0 Å². The van der Waals surface area contributed by atoms with Crippen LogP contribution in [0.2, 0.25) is 5.02 Å². The fourth-order valence-electron chi connectivity index (χ4n) is 2.41. The van der Waals surface area contributed by atoms with Crippen LogP contribution in [0.3, 0.4) is 0 Å². The van der Waals surface area contributed by atoms with Crippen molar-refractivity contribution in [1.29, 1.82) is 0 Å². The number of nitrogen functional groups attached to an aromatic ring is 1. The molecule has 4 heteroatoms. The van der Waals surface area contributed by atoms with Gasteiger partial charge in [-0.2, -0.15) is 0 Å². The first-order chi connectivity index (χ1) is 7.81. The van der Waals surface area contributed by atoms with Crippen LogP contribution in [0.1, 0.15) is 17.7 Å². The van der Waals surface area contributed by atoms with Gasteiger partial charge in [0.1, 0.15) is 0 Å². The molecule has 1 aromatic carbocycles. The molecule has 0 fully saturated rings. The molecule has 1 heterocycles. The Morgan fingerprint density at radius 1 is 1.31 bits per heavy atom. The highest BCUT2D eigenvalue weighted by Gasteiger charge is 2.19. The molecule has 3 N–H and O–H groups in total. The van der Waals surface area contributed by atoms with Crippen LogP contribution in [0.15, 0.2) is 18.2 Å². The highest BCUT2D eigenvalue weighted by molar-refractivity contribution is 6.35. The standard InChI is InChI=1S/C12H12ClN3/c13-9-5-1-4-8-11(16-14)7-3-2-6-10(7)15-12(8)9/h1,4-5H,2-3,6,14H2,(H,15,16). The molecule has 2 aromatic rings. The Balaban J connectivity index is 2.44. The number of aromatic nitrogens is 1. The summed E-state index contributed by atoms with van der Waals surface area (Å²) >= 11 is 6.16. The van der Waals surface area contributed by atoms with Gasteiger partial charge in [0.15, 0.2) is 0 Å². The molecule has 0 aliphatic heterocycles. The summed E-state index contributed by atoms with van der Waals surface area (Å²) in [6.45, 7) is 0. The number of hydrazine groups is 1. The molecular formula is C12H12ClN3. The topological polar surface area (TPSA) is 50.9 Å². The Morgan fingerprint density at radius 2 is 2.19 bits per heavy atom. The van der Waals surface area contributed by atoms with Gasteiger partial charge < -0.3 is 5.43 Å². The lowest BCUT2D eigenvalue weighted by Gasteiger charge is -2.11. The summed E-state index contributed by atoms with van der Waals surface area (Å²) in [6.07, 6.45) is 3.21. The number of pyridine rings is 1. The van der Waals surface area contributed by atoms with Crippen LogP contribution in [-0.4, -0.2) is 4.98 Å². The number of para-hydroxylation sites is 1. The van der Waals surface area contributed by atoms with Crippen molar-refractivity contribution in [3.63, 3.8) is 0 Å². The van der Waals surface area contributed by atoms with E-state index in [0.29, 0.717) is 5.02 Å². The van der Waals surface area contributed by atoms with Crippen LogP contribution < -0.4 is 11.3 Å². The summed E-state index contributed by atoms with van der Waals surface area (Å²) in [5, 5.41) is 1.69. The van der Waals surface area contributed by atoms with Crippen molar-refractivity contribution in [2.24, 2.45) is 5.84 Å². The quantitative estimate of drug-likeness (QED) is 0.588. The van der Waals surface area contributed by atoms with Gasteiger partial charge in [0.2, 0.25) is 0 Å². The molecule has 1 aliphatic rings. The summed E-state index contributed by atoms with van der Waals surface area (Å²) in [4.78, 5) is 4.64. The number of rotatable bonds is 1. The Kier molecular flexibility index (Phi) is 2.23. The molecule has 0 radical (unpaired) electrons. The molecule has 3 rings (SSSR count). The normalized spacial score (nSPS) is 14.1. The summed E-state index contributed by atoms with van der Waals surface area (Å²) in [5.41, 5.74) is 7.01. The molecule has 1 aliphatic carbocycles. The van der Waals surface area contributed by atoms with Crippen molar-refractivity contribution in [2.45, 2.75) is 19.3 Å². The van der Waals surface area contributed by atoms with Gasteiger partial charge in [-0.15, -0.1) is 0 Å². The van der Waals surface area contributed by atoms with Crippen molar-refractivity contribution < 1.29 is 0 Å². The average molecular weight is 234 g/mol. The SMILES string of the molecule is NNc1c2c(nc3c(Cl)cccc13)CCC2. The number of hydrogen-bond donors (Lipinski definition) is 2. The van der Waals surface area contributed by atoms with Crippen LogP contribution in [0, 0.1) is 0 Å². The number of nitrogens with two attached hydrogens (primary N) is 1. The van der Waals surface area contributed by atoms with Crippen LogP contribution in [0.4, 0.5) is 5.69 Å². The van der Waals surface area contributed by atoms with E-state index in [0.717, 1.165) is 41.5 Å². The van der Waals surface area contributed by atoms with E-state index in [1.54, 1.807) is 0 Å². The lowest BCUT2D eigenvalue weighted by molar-refractivity contribution is 0.901. The first kappa shape index (κ1) is 9.87. The molecule has 16 heavy (non-hydrogen) atoms. The average Bonchev–Trinajstić information content (AvgIpc) is 2.75. The van der Waals surface area contributed by atoms with E-state index in [2.05, 4.69) is 10.4 Å². The zero-order valence-electron chi connectivity index (χ0n) is 8.76. The first-order valence-electron chi connectivity index (χ1n) is 5.38. The minimum absolute atomic E-state index is 0.684.